The topological polar surface area (TPSA) is 55.1 Å². The number of carboxylic acids is 1. The van der Waals surface area contributed by atoms with E-state index in [0.717, 1.165) is 16.5 Å². The molecule has 0 radical (unpaired) electrons. The standard InChI is InChI=1S/C16H14N2O2/c1-10-4-3-5-12-13(9-18(2)15(10)12)14-8-11(16(19)20)6-7-17-14/h3-9H,1-2H3,(H,19,20). The van der Waals surface area contributed by atoms with Gasteiger partial charge in [0, 0.05) is 30.4 Å². The number of hydrogen-bond donors (Lipinski definition) is 1. The fourth-order valence-corrected chi connectivity index (χ4v) is 2.59. The summed E-state index contributed by atoms with van der Waals surface area (Å²) in [7, 11) is 1.99. The Kier molecular flexibility index (Phi) is 2.79. The van der Waals surface area contributed by atoms with Crippen LogP contribution in [0.3, 0.4) is 0 Å². The zero-order valence-electron chi connectivity index (χ0n) is 11.3. The molecule has 20 heavy (non-hydrogen) atoms. The van der Waals surface area contributed by atoms with Crippen LogP contribution in [-0.4, -0.2) is 20.6 Å². The molecule has 0 amide bonds. The van der Waals surface area contributed by atoms with Crippen LogP contribution in [0.15, 0.2) is 42.7 Å². The van der Waals surface area contributed by atoms with Crippen LogP contribution in [0, 0.1) is 6.92 Å². The molecule has 0 aliphatic rings. The lowest BCUT2D eigenvalue weighted by Gasteiger charge is -2.01. The molecule has 3 rings (SSSR count). The molecule has 100 valence electrons. The number of carboxylic acid groups (broad SMARTS) is 1. The molecule has 1 N–H and O–H groups in total. The van der Waals surface area contributed by atoms with Crippen molar-refractivity contribution in [2.75, 3.05) is 0 Å². The van der Waals surface area contributed by atoms with Crippen molar-refractivity contribution < 1.29 is 9.90 Å². The summed E-state index contributed by atoms with van der Waals surface area (Å²) in [6.07, 6.45) is 3.53. The lowest BCUT2D eigenvalue weighted by molar-refractivity contribution is 0.0697. The molecule has 0 saturated carbocycles. The Morgan fingerprint density at radius 2 is 2.10 bits per heavy atom. The van der Waals surface area contributed by atoms with E-state index < -0.39 is 5.97 Å². The van der Waals surface area contributed by atoms with Gasteiger partial charge in [-0.2, -0.15) is 0 Å². The Balaban J connectivity index is 2.28. The summed E-state index contributed by atoms with van der Waals surface area (Å²) in [5.74, 6) is -0.940. The van der Waals surface area contributed by atoms with E-state index in [1.54, 1.807) is 6.07 Å². The van der Waals surface area contributed by atoms with E-state index in [1.807, 2.05) is 25.4 Å². The van der Waals surface area contributed by atoms with Crippen LogP contribution < -0.4 is 0 Å². The first-order valence-electron chi connectivity index (χ1n) is 6.32. The number of aromatic nitrogens is 2. The minimum absolute atomic E-state index is 0.250. The lowest BCUT2D eigenvalue weighted by Crippen LogP contribution is -1.97. The molecule has 0 aliphatic heterocycles. The zero-order chi connectivity index (χ0) is 14.3. The van der Waals surface area contributed by atoms with Crippen molar-refractivity contribution in [2.45, 2.75) is 6.92 Å². The van der Waals surface area contributed by atoms with Crippen LogP contribution in [0.25, 0.3) is 22.2 Å². The first-order valence-corrected chi connectivity index (χ1v) is 6.32. The van der Waals surface area contributed by atoms with Crippen LogP contribution >= 0.6 is 0 Å². The summed E-state index contributed by atoms with van der Waals surface area (Å²) in [6.45, 7) is 2.06. The number of aromatic carboxylic acids is 1. The minimum Gasteiger partial charge on any atom is -0.478 e. The van der Waals surface area contributed by atoms with Crippen molar-refractivity contribution >= 4 is 16.9 Å². The Labute approximate surface area is 116 Å². The summed E-state index contributed by atoms with van der Waals surface area (Å²) in [5.41, 5.74) is 4.21. The number of fused-ring (bicyclic) bond motifs is 1. The molecular weight excluding hydrogens is 252 g/mol. The first-order chi connectivity index (χ1) is 9.58. The van der Waals surface area contributed by atoms with E-state index in [9.17, 15) is 4.79 Å². The minimum atomic E-state index is -0.940. The highest BCUT2D eigenvalue weighted by atomic mass is 16.4. The normalized spacial score (nSPS) is 10.9. The number of carbonyl (C=O) groups is 1. The maximum Gasteiger partial charge on any atom is 0.335 e. The van der Waals surface area contributed by atoms with Gasteiger partial charge in [-0.25, -0.2) is 4.79 Å². The van der Waals surface area contributed by atoms with Crippen molar-refractivity contribution in [3.63, 3.8) is 0 Å². The van der Waals surface area contributed by atoms with Gasteiger partial charge >= 0.3 is 5.97 Å². The molecular formula is C16H14N2O2. The number of benzene rings is 1. The van der Waals surface area contributed by atoms with Crippen molar-refractivity contribution in [3.05, 3.63) is 53.9 Å². The second-order valence-corrected chi connectivity index (χ2v) is 4.86. The van der Waals surface area contributed by atoms with Crippen LogP contribution in [0.1, 0.15) is 15.9 Å². The van der Waals surface area contributed by atoms with Gasteiger partial charge in [0.05, 0.1) is 16.8 Å². The number of hydrogen-bond acceptors (Lipinski definition) is 2. The van der Waals surface area contributed by atoms with Gasteiger partial charge in [0.2, 0.25) is 0 Å². The number of aryl methyl sites for hydroxylation is 2. The molecule has 0 unspecified atom stereocenters. The zero-order valence-corrected chi connectivity index (χ0v) is 11.3. The molecule has 1 aromatic carbocycles. The Morgan fingerprint density at radius 1 is 1.30 bits per heavy atom. The number of pyridine rings is 1. The van der Waals surface area contributed by atoms with Gasteiger partial charge in [-0.05, 0) is 24.6 Å². The van der Waals surface area contributed by atoms with Gasteiger partial charge in [-0.15, -0.1) is 0 Å². The van der Waals surface area contributed by atoms with E-state index in [-0.39, 0.29) is 5.56 Å². The third-order valence-corrected chi connectivity index (χ3v) is 3.49. The van der Waals surface area contributed by atoms with Crippen molar-refractivity contribution in [2.24, 2.45) is 7.05 Å². The van der Waals surface area contributed by atoms with Gasteiger partial charge in [-0.3, -0.25) is 4.98 Å². The van der Waals surface area contributed by atoms with E-state index in [2.05, 4.69) is 22.5 Å². The Morgan fingerprint density at radius 3 is 2.85 bits per heavy atom. The molecule has 4 heteroatoms. The number of rotatable bonds is 2. The molecule has 0 bridgehead atoms. The van der Waals surface area contributed by atoms with Crippen molar-refractivity contribution in [3.8, 4) is 11.3 Å². The average Bonchev–Trinajstić information content (AvgIpc) is 2.78. The molecule has 0 atom stereocenters. The number of nitrogens with zero attached hydrogens (tertiary/aromatic N) is 2. The highest BCUT2D eigenvalue weighted by Gasteiger charge is 2.12. The predicted molar refractivity (Wildman–Crippen MR) is 77.8 cm³/mol. The second kappa shape index (κ2) is 4.49. The van der Waals surface area contributed by atoms with E-state index >= 15 is 0 Å². The monoisotopic (exact) mass is 266 g/mol. The molecule has 0 saturated heterocycles. The second-order valence-electron chi connectivity index (χ2n) is 4.86. The van der Waals surface area contributed by atoms with E-state index in [4.69, 9.17) is 5.11 Å². The van der Waals surface area contributed by atoms with Crippen molar-refractivity contribution in [1.82, 2.24) is 9.55 Å². The van der Waals surface area contributed by atoms with Crippen molar-refractivity contribution in [1.29, 1.82) is 0 Å². The summed E-state index contributed by atoms with van der Waals surface area (Å²) in [6, 6.07) is 9.21. The molecule has 0 fully saturated rings. The molecule has 3 aromatic rings. The number of para-hydroxylation sites is 1. The molecule has 2 heterocycles. The quantitative estimate of drug-likeness (QED) is 0.774. The van der Waals surface area contributed by atoms with Crippen LogP contribution in [0.5, 0.6) is 0 Å². The molecule has 0 aliphatic carbocycles. The summed E-state index contributed by atoms with van der Waals surface area (Å²) in [4.78, 5) is 15.4. The maximum absolute atomic E-state index is 11.1. The third kappa shape index (κ3) is 1.86. The van der Waals surface area contributed by atoms with Crippen LogP contribution in [0.2, 0.25) is 0 Å². The summed E-state index contributed by atoms with van der Waals surface area (Å²) >= 11 is 0. The van der Waals surface area contributed by atoms with Crippen LogP contribution in [-0.2, 0) is 7.05 Å². The maximum atomic E-state index is 11.1. The predicted octanol–water partition coefficient (Wildman–Crippen LogP) is 3.25. The smallest absolute Gasteiger partial charge is 0.335 e. The largest absolute Gasteiger partial charge is 0.478 e. The van der Waals surface area contributed by atoms with E-state index in [0.29, 0.717) is 5.69 Å². The van der Waals surface area contributed by atoms with Gasteiger partial charge in [0.25, 0.3) is 0 Å². The van der Waals surface area contributed by atoms with Gasteiger partial charge in [-0.1, -0.05) is 18.2 Å². The molecule has 4 nitrogen and oxygen atoms in total. The highest BCUT2D eigenvalue weighted by Crippen LogP contribution is 2.30. The summed E-state index contributed by atoms with van der Waals surface area (Å²) < 4.78 is 2.05. The Bertz CT molecular complexity index is 818. The highest BCUT2D eigenvalue weighted by molar-refractivity contribution is 5.98. The SMILES string of the molecule is Cc1cccc2c(-c3cc(C(=O)O)ccn3)cn(C)c12. The molecule has 0 spiro atoms. The summed E-state index contributed by atoms with van der Waals surface area (Å²) in [5, 5.41) is 10.2. The first kappa shape index (κ1) is 12.4. The fraction of sp³-hybridized carbons (Fsp3) is 0.125. The molecule has 2 aromatic heterocycles. The van der Waals surface area contributed by atoms with Gasteiger partial charge in [0.15, 0.2) is 0 Å². The van der Waals surface area contributed by atoms with E-state index in [1.165, 1.54) is 17.8 Å². The lowest BCUT2D eigenvalue weighted by atomic mass is 10.1. The van der Waals surface area contributed by atoms with Crippen LogP contribution in [0.4, 0.5) is 0 Å². The fourth-order valence-electron chi connectivity index (χ4n) is 2.59. The average molecular weight is 266 g/mol. The Hall–Kier alpha value is -2.62. The van der Waals surface area contributed by atoms with Gasteiger partial charge in [0.1, 0.15) is 0 Å². The van der Waals surface area contributed by atoms with Gasteiger partial charge < -0.3 is 9.67 Å². The third-order valence-electron chi connectivity index (χ3n) is 3.49.